The SMILES string of the molecule is CSN=Cc1cccc(NC(=O)N2CCc3cc4c(ccn4C)cc32)c1. The van der Waals surface area contributed by atoms with Gasteiger partial charge in [-0.1, -0.05) is 12.1 Å². The van der Waals surface area contributed by atoms with Crippen LogP contribution in [0.25, 0.3) is 10.9 Å². The van der Waals surface area contributed by atoms with Crippen LogP contribution in [0.5, 0.6) is 0 Å². The number of hydrogen-bond donors (Lipinski definition) is 1. The van der Waals surface area contributed by atoms with Crippen LogP contribution in [0.3, 0.4) is 0 Å². The molecule has 1 aliphatic heterocycles. The van der Waals surface area contributed by atoms with Crippen LogP contribution in [-0.2, 0) is 13.5 Å². The summed E-state index contributed by atoms with van der Waals surface area (Å²) in [7, 11) is 2.04. The molecule has 0 saturated carbocycles. The van der Waals surface area contributed by atoms with E-state index in [9.17, 15) is 4.79 Å². The van der Waals surface area contributed by atoms with Crippen molar-refractivity contribution in [3.63, 3.8) is 0 Å². The van der Waals surface area contributed by atoms with Crippen molar-refractivity contribution in [2.45, 2.75) is 6.42 Å². The minimum atomic E-state index is -0.0991. The summed E-state index contributed by atoms with van der Waals surface area (Å²) in [5.41, 5.74) is 5.16. The summed E-state index contributed by atoms with van der Waals surface area (Å²) in [5, 5.41) is 4.16. The third-order valence-electron chi connectivity index (χ3n) is 4.67. The Morgan fingerprint density at radius 2 is 2.15 bits per heavy atom. The number of anilines is 2. The summed E-state index contributed by atoms with van der Waals surface area (Å²) >= 11 is 1.40. The van der Waals surface area contributed by atoms with Crippen LogP contribution in [0, 0.1) is 0 Å². The van der Waals surface area contributed by atoms with Gasteiger partial charge in [0.2, 0.25) is 0 Å². The van der Waals surface area contributed by atoms with Gasteiger partial charge in [-0.15, -0.1) is 0 Å². The lowest BCUT2D eigenvalue weighted by Gasteiger charge is -2.18. The standard InChI is InChI=1S/C20H20N4OS/c1-23-8-6-15-12-19-16(11-18(15)23)7-9-24(19)20(25)22-17-5-3-4-14(10-17)13-21-26-2/h3-6,8,10-13H,7,9H2,1-2H3,(H,22,25). The fraction of sp³-hybridized carbons (Fsp3) is 0.200. The smallest absolute Gasteiger partial charge is 0.326 e. The van der Waals surface area contributed by atoms with Crippen LogP contribution >= 0.6 is 11.9 Å². The molecular formula is C20H20N4OS. The average molecular weight is 364 g/mol. The topological polar surface area (TPSA) is 49.6 Å². The first-order valence-corrected chi connectivity index (χ1v) is 9.67. The molecular weight excluding hydrogens is 344 g/mol. The molecule has 0 aliphatic carbocycles. The van der Waals surface area contributed by atoms with Crippen molar-refractivity contribution in [3.8, 4) is 0 Å². The number of aryl methyl sites for hydroxylation is 1. The van der Waals surface area contributed by atoms with Gasteiger partial charge in [0.1, 0.15) is 0 Å². The van der Waals surface area contributed by atoms with E-state index in [1.807, 2.05) is 48.7 Å². The molecule has 2 aromatic carbocycles. The number of nitrogens with one attached hydrogen (secondary N) is 1. The molecule has 0 saturated heterocycles. The number of urea groups is 1. The van der Waals surface area contributed by atoms with E-state index in [-0.39, 0.29) is 6.03 Å². The zero-order valence-corrected chi connectivity index (χ0v) is 15.6. The van der Waals surface area contributed by atoms with Gasteiger partial charge in [0.15, 0.2) is 0 Å². The van der Waals surface area contributed by atoms with E-state index >= 15 is 0 Å². The lowest BCUT2D eigenvalue weighted by atomic mass is 10.1. The Bertz CT molecular complexity index is 1010. The summed E-state index contributed by atoms with van der Waals surface area (Å²) in [6.07, 6.45) is 6.63. The lowest BCUT2D eigenvalue weighted by Crippen LogP contribution is -2.33. The highest BCUT2D eigenvalue weighted by molar-refractivity contribution is 7.97. The normalized spacial score (nSPS) is 13.5. The van der Waals surface area contributed by atoms with Gasteiger partial charge in [0.05, 0.1) is 0 Å². The average Bonchev–Trinajstić information content (AvgIpc) is 3.22. The van der Waals surface area contributed by atoms with Gasteiger partial charge < -0.3 is 9.88 Å². The Balaban J connectivity index is 1.57. The van der Waals surface area contributed by atoms with Crippen molar-refractivity contribution >= 4 is 46.5 Å². The molecule has 4 rings (SSSR count). The van der Waals surface area contributed by atoms with Crippen LogP contribution in [0.2, 0.25) is 0 Å². The minimum absolute atomic E-state index is 0.0991. The summed E-state index contributed by atoms with van der Waals surface area (Å²) in [4.78, 5) is 14.6. The number of nitrogens with zero attached hydrogens (tertiary/aromatic N) is 3. The second-order valence-corrected chi connectivity index (χ2v) is 6.92. The Morgan fingerprint density at radius 1 is 1.27 bits per heavy atom. The lowest BCUT2D eigenvalue weighted by molar-refractivity contribution is 0.257. The third kappa shape index (κ3) is 3.08. The fourth-order valence-corrected chi connectivity index (χ4v) is 3.59. The quantitative estimate of drug-likeness (QED) is 0.551. The van der Waals surface area contributed by atoms with Crippen LogP contribution < -0.4 is 10.2 Å². The van der Waals surface area contributed by atoms with E-state index in [0.29, 0.717) is 6.54 Å². The maximum absolute atomic E-state index is 12.8. The van der Waals surface area contributed by atoms with E-state index in [0.717, 1.165) is 28.7 Å². The predicted octanol–water partition coefficient (Wildman–Crippen LogP) is 4.47. The first-order valence-electron chi connectivity index (χ1n) is 8.49. The summed E-state index contributed by atoms with van der Waals surface area (Å²) in [6.45, 7) is 0.700. The maximum Gasteiger partial charge on any atom is 0.326 e. The molecule has 3 aromatic rings. The number of aromatic nitrogens is 1. The van der Waals surface area contributed by atoms with Crippen LogP contribution in [-0.4, -0.2) is 29.6 Å². The number of benzene rings is 2. The highest BCUT2D eigenvalue weighted by Crippen LogP contribution is 2.33. The molecule has 2 heterocycles. The maximum atomic E-state index is 12.8. The van der Waals surface area contributed by atoms with Crippen LogP contribution in [0.15, 0.2) is 53.1 Å². The Kier molecular flexibility index (Phi) is 4.42. The van der Waals surface area contributed by atoms with Crippen molar-refractivity contribution in [3.05, 3.63) is 59.8 Å². The van der Waals surface area contributed by atoms with E-state index < -0.39 is 0 Å². The molecule has 0 fully saturated rings. The summed E-state index contributed by atoms with van der Waals surface area (Å²) < 4.78 is 6.28. The van der Waals surface area contributed by atoms with Gasteiger partial charge in [-0.05, 0) is 59.8 Å². The molecule has 0 bridgehead atoms. The number of rotatable bonds is 3. The molecule has 1 aromatic heterocycles. The Labute approximate surface area is 156 Å². The highest BCUT2D eigenvalue weighted by atomic mass is 32.2. The number of fused-ring (bicyclic) bond motifs is 2. The van der Waals surface area contributed by atoms with Crippen molar-refractivity contribution in [1.29, 1.82) is 0 Å². The summed E-state index contributed by atoms with van der Waals surface area (Å²) in [5.74, 6) is 0. The molecule has 2 amide bonds. The second-order valence-electron chi connectivity index (χ2n) is 6.34. The number of amides is 2. The van der Waals surface area contributed by atoms with Gasteiger partial charge in [-0.2, -0.15) is 0 Å². The van der Waals surface area contributed by atoms with Crippen molar-refractivity contribution in [2.24, 2.45) is 11.4 Å². The van der Waals surface area contributed by atoms with Crippen LogP contribution in [0.1, 0.15) is 11.1 Å². The summed E-state index contributed by atoms with van der Waals surface area (Å²) in [6, 6.07) is 14.0. The van der Waals surface area contributed by atoms with E-state index in [1.54, 1.807) is 6.21 Å². The van der Waals surface area contributed by atoms with Gasteiger partial charge in [-0.25, -0.2) is 9.19 Å². The van der Waals surface area contributed by atoms with Gasteiger partial charge >= 0.3 is 6.03 Å². The minimum Gasteiger partial charge on any atom is -0.351 e. The van der Waals surface area contributed by atoms with Crippen molar-refractivity contribution in [1.82, 2.24) is 4.57 Å². The zero-order valence-electron chi connectivity index (χ0n) is 14.8. The van der Waals surface area contributed by atoms with E-state index in [2.05, 4.69) is 32.5 Å². The molecule has 5 nitrogen and oxygen atoms in total. The first kappa shape index (κ1) is 16.7. The largest absolute Gasteiger partial charge is 0.351 e. The number of hydrogen-bond acceptors (Lipinski definition) is 3. The highest BCUT2D eigenvalue weighted by Gasteiger charge is 2.25. The van der Waals surface area contributed by atoms with Crippen molar-refractivity contribution in [2.75, 3.05) is 23.0 Å². The Morgan fingerprint density at radius 3 is 3.00 bits per heavy atom. The molecule has 132 valence electrons. The van der Waals surface area contributed by atoms with Gasteiger partial charge in [-0.3, -0.25) is 4.90 Å². The van der Waals surface area contributed by atoms with E-state index in [1.165, 1.54) is 23.0 Å². The second kappa shape index (κ2) is 6.88. The first-order chi connectivity index (χ1) is 12.7. The zero-order chi connectivity index (χ0) is 18.1. The molecule has 0 radical (unpaired) electrons. The molecule has 26 heavy (non-hydrogen) atoms. The monoisotopic (exact) mass is 364 g/mol. The molecule has 0 unspecified atom stereocenters. The fourth-order valence-electron chi connectivity index (χ4n) is 3.36. The van der Waals surface area contributed by atoms with E-state index in [4.69, 9.17) is 0 Å². The Hall–Kier alpha value is -2.73. The molecule has 0 spiro atoms. The van der Waals surface area contributed by atoms with Crippen molar-refractivity contribution < 1.29 is 4.79 Å². The molecule has 0 atom stereocenters. The van der Waals surface area contributed by atoms with Gasteiger partial charge in [0.25, 0.3) is 0 Å². The molecule has 1 aliphatic rings. The molecule has 1 N–H and O–H groups in total. The number of carbonyl (C=O) groups is 1. The van der Waals surface area contributed by atoms with Gasteiger partial charge in [0, 0.05) is 54.5 Å². The third-order valence-corrected chi connectivity index (χ3v) is 4.99. The molecule has 6 heteroatoms. The van der Waals surface area contributed by atoms with Crippen LogP contribution in [0.4, 0.5) is 16.2 Å². The number of carbonyl (C=O) groups excluding carboxylic acids is 1. The predicted molar refractivity (Wildman–Crippen MR) is 111 cm³/mol.